The summed E-state index contributed by atoms with van der Waals surface area (Å²) in [4.78, 5) is 12.5. The number of fused-ring (bicyclic) bond motifs is 1. The lowest BCUT2D eigenvalue weighted by atomic mass is 10.0. The minimum absolute atomic E-state index is 0.316. The molecule has 7 heteroatoms. The summed E-state index contributed by atoms with van der Waals surface area (Å²) >= 11 is 6.17. The summed E-state index contributed by atoms with van der Waals surface area (Å²) in [5.74, 6) is -0.205. The van der Waals surface area contributed by atoms with Gasteiger partial charge in [0.15, 0.2) is 5.82 Å². The fourth-order valence-electron chi connectivity index (χ4n) is 3.00. The van der Waals surface area contributed by atoms with E-state index in [2.05, 4.69) is 20.3 Å². The van der Waals surface area contributed by atoms with Crippen LogP contribution < -0.4 is 5.32 Å². The first-order valence-electron chi connectivity index (χ1n) is 8.59. The Hall–Kier alpha value is -3.12. The van der Waals surface area contributed by atoms with Crippen LogP contribution in [0, 0.1) is 0 Å². The zero-order valence-electron chi connectivity index (χ0n) is 14.6. The van der Waals surface area contributed by atoms with Crippen LogP contribution in [0.15, 0.2) is 72.9 Å². The van der Waals surface area contributed by atoms with E-state index in [0.717, 1.165) is 5.56 Å². The van der Waals surface area contributed by atoms with Gasteiger partial charge in [0.1, 0.15) is 5.82 Å². The molecule has 4 aromatic rings. The molecule has 1 atom stereocenters. The van der Waals surface area contributed by atoms with Gasteiger partial charge in [-0.15, -0.1) is 0 Å². The third kappa shape index (κ3) is 3.77. The number of anilines is 1. The quantitative estimate of drug-likeness (QED) is 0.462. The SMILES string of the molecule is FC(F)c1nc(NC(c2cccc(Cl)c2)c2ccccn2)c2ccccc2n1. The molecule has 0 saturated carbocycles. The van der Waals surface area contributed by atoms with Gasteiger partial charge in [0.05, 0.1) is 17.3 Å². The Morgan fingerprint density at radius 3 is 2.46 bits per heavy atom. The number of pyridine rings is 1. The normalized spacial score (nSPS) is 12.3. The van der Waals surface area contributed by atoms with E-state index in [4.69, 9.17) is 11.6 Å². The number of rotatable bonds is 5. The summed E-state index contributed by atoms with van der Waals surface area (Å²) in [5.41, 5.74) is 2.00. The third-order valence-corrected chi connectivity index (χ3v) is 4.50. The number of hydrogen-bond donors (Lipinski definition) is 1. The number of benzene rings is 2. The highest BCUT2D eigenvalue weighted by Gasteiger charge is 2.20. The maximum absolute atomic E-state index is 13.3. The molecular weight excluding hydrogens is 382 g/mol. The van der Waals surface area contributed by atoms with Gasteiger partial charge in [-0.2, -0.15) is 0 Å². The molecule has 2 aromatic carbocycles. The lowest BCUT2D eigenvalue weighted by molar-refractivity contribution is 0.141. The van der Waals surface area contributed by atoms with Crippen molar-refractivity contribution in [1.82, 2.24) is 15.0 Å². The van der Waals surface area contributed by atoms with E-state index in [0.29, 0.717) is 27.4 Å². The average molecular weight is 397 g/mol. The number of halogens is 3. The molecule has 0 saturated heterocycles. The maximum atomic E-state index is 13.3. The summed E-state index contributed by atoms with van der Waals surface area (Å²) in [5, 5.41) is 4.49. The molecule has 2 heterocycles. The molecule has 140 valence electrons. The number of nitrogens with one attached hydrogen (secondary N) is 1. The summed E-state index contributed by atoms with van der Waals surface area (Å²) < 4.78 is 26.7. The molecule has 4 rings (SSSR count). The van der Waals surface area contributed by atoms with Crippen molar-refractivity contribution in [2.45, 2.75) is 12.5 Å². The summed E-state index contributed by atoms with van der Waals surface area (Å²) in [6, 6.07) is 19.5. The van der Waals surface area contributed by atoms with Crippen molar-refractivity contribution in [1.29, 1.82) is 0 Å². The second kappa shape index (κ2) is 7.86. The topological polar surface area (TPSA) is 50.7 Å². The Bertz CT molecular complexity index is 1110. The van der Waals surface area contributed by atoms with Crippen molar-refractivity contribution in [2.75, 3.05) is 5.32 Å². The van der Waals surface area contributed by atoms with Crippen LogP contribution in [-0.2, 0) is 0 Å². The van der Waals surface area contributed by atoms with Crippen LogP contribution in [-0.4, -0.2) is 15.0 Å². The van der Waals surface area contributed by atoms with Crippen molar-refractivity contribution < 1.29 is 8.78 Å². The highest BCUT2D eigenvalue weighted by atomic mass is 35.5. The lowest BCUT2D eigenvalue weighted by Gasteiger charge is -2.21. The van der Waals surface area contributed by atoms with Crippen LogP contribution >= 0.6 is 11.6 Å². The fraction of sp³-hybridized carbons (Fsp3) is 0.0952. The molecule has 0 radical (unpaired) electrons. The van der Waals surface area contributed by atoms with Gasteiger partial charge in [0.2, 0.25) is 0 Å². The van der Waals surface area contributed by atoms with Crippen LogP contribution in [0.4, 0.5) is 14.6 Å². The molecule has 0 bridgehead atoms. The second-order valence-corrected chi connectivity index (χ2v) is 6.57. The minimum atomic E-state index is -2.77. The molecule has 28 heavy (non-hydrogen) atoms. The molecule has 0 amide bonds. The van der Waals surface area contributed by atoms with E-state index in [1.165, 1.54) is 0 Å². The Morgan fingerprint density at radius 1 is 0.893 bits per heavy atom. The van der Waals surface area contributed by atoms with Gasteiger partial charge in [-0.25, -0.2) is 18.7 Å². The highest BCUT2D eigenvalue weighted by Crippen LogP contribution is 2.31. The minimum Gasteiger partial charge on any atom is -0.357 e. The lowest BCUT2D eigenvalue weighted by Crippen LogP contribution is -2.16. The van der Waals surface area contributed by atoms with Crippen molar-refractivity contribution >= 4 is 28.3 Å². The molecular formula is C21H15ClF2N4. The summed E-state index contributed by atoms with van der Waals surface area (Å²) in [6.45, 7) is 0. The number of hydrogen-bond acceptors (Lipinski definition) is 4. The molecule has 1 unspecified atom stereocenters. The number of alkyl halides is 2. The largest absolute Gasteiger partial charge is 0.357 e. The van der Waals surface area contributed by atoms with Crippen LogP contribution in [0.2, 0.25) is 5.02 Å². The van der Waals surface area contributed by atoms with Crippen molar-refractivity contribution in [2.24, 2.45) is 0 Å². The number of nitrogens with zero attached hydrogens (tertiary/aromatic N) is 3. The maximum Gasteiger partial charge on any atom is 0.297 e. The number of aromatic nitrogens is 3. The molecule has 0 spiro atoms. The Kier molecular flexibility index (Phi) is 5.12. The molecule has 4 nitrogen and oxygen atoms in total. The van der Waals surface area contributed by atoms with Gasteiger partial charge in [-0.1, -0.05) is 41.9 Å². The van der Waals surface area contributed by atoms with Gasteiger partial charge in [0, 0.05) is 16.6 Å². The zero-order chi connectivity index (χ0) is 19.5. The van der Waals surface area contributed by atoms with Crippen molar-refractivity contribution in [3.05, 3.63) is 95.0 Å². The second-order valence-electron chi connectivity index (χ2n) is 6.14. The molecule has 0 aliphatic carbocycles. The molecule has 0 aliphatic heterocycles. The van der Waals surface area contributed by atoms with E-state index in [9.17, 15) is 8.78 Å². The van der Waals surface area contributed by atoms with E-state index in [-0.39, 0.29) is 0 Å². The number of para-hydroxylation sites is 1. The van der Waals surface area contributed by atoms with Crippen LogP contribution in [0.3, 0.4) is 0 Å². The van der Waals surface area contributed by atoms with Crippen molar-refractivity contribution in [3.63, 3.8) is 0 Å². The first kappa shape index (κ1) is 18.3. The predicted molar refractivity (Wildman–Crippen MR) is 106 cm³/mol. The van der Waals surface area contributed by atoms with Crippen LogP contribution in [0.25, 0.3) is 10.9 Å². The highest BCUT2D eigenvalue weighted by molar-refractivity contribution is 6.30. The van der Waals surface area contributed by atoms with Crippen molar-refractivity contribution in [3.8, 4) is 0 Å². The molecule has 0 aliphatic rings. The Labute approximate surface area is 165 Å². The fourth-order valence-corrected chi connectivity index (χ4v) is 3.20. The van der Waals surface area contributed by atoms with Gasteiger partial charge >= 0.3 is 0 Å². The Balaban J connectivity index is 1.85. The van der Waals surface area contributed by atoms with E-state index < -0.39 is 18.3 Å². The molecule has 1 N–H and O–H groups in total. The third-order valence-electron chi connectivity index (χ3n) is 4.26. The monoisotopic (exact) mass is 396 g/mol. The zero-order valence-corrected chi connectivity index (χ0v) is 15.3. The van der Waals surface area contributed by atoms with E-state index in [1.54, 1.807) is 30.5 Å². The smallest absolute Gasteiger partial charge is 0.297 e. The van der Waals surface area contributed by atoms with E-state index in [1.807, 2.05) is 42.5 Å². The molecule has 2 aromatic heterocycles. The van der Waals surface area contributed by atoms with Crippen LogP contribution in [0.5, 0.6) is 0 Å². The first-order valence-corrected chi connectivity index (χ1v) is 8.97. The Morgan fingerprint density at radius 2 is 1.71 bits per heavy atom. The first-order chi connectivity index (χ1) is 13.6. The predicted octanol–water partition coefficient (Wildman–Crippen LogP) is 5.82. The van der Waals surface area contributed by atoms with Gasteiger partial charge < -0.3 is 5.32 Å². The standard InChI is InChI=1S/C21H15ClF2N4/c22-14-7-5-6-13(12-14)18(17-10-3-4-11-25-17)27-20-15-8-1-2-9-16(15)26-21(28-20)19(23)24/h1-12,18-19H,(H,26,27,28). The van der Waals surface area contributed by atoms with Gasteiger partial charge in [-0.05, 0) is 42.0 Å². The van der Waals surface area contributed by atoms with Gasteiger partial charge in [-0.3, -0.25) is 4.98 Å². The summed E-state index contributed by atoms with van der Waals surface area (Å²) in [6.07, 6.45) is -1.10. The molecule has 0 fully saturated rings. The van der Waals surface area contributed by atoms with E-state index >= 15 is 0 Å². The van der Waals surface area contributed by atoms with Crippen LogP contribution in [0.1, 0.15) is 29.5 Å². The summed E-state index contributed by atoms with van der Waals surface area (Å²) in [7, 11) is 0. The van der Waals surface area contributed by atoms with Gasteiger partial charge in [0.25, 0.3) is 6.43 Å². The average Bonchev–Trinajstić information content (AvgIpc) is 2.72.